The normalized spacial score (nSPS) is 21.6. The van der Waals surface area contributed by atoms with Crippen molar-refractivity contribution in [2.24, 2.45) is 11.8 Å². The molecule has 2 rings (SSSR count). The molecule has 0 saturated heterocycles. The third kappa shape index (κ3) is 3.18. The van der Waals surface area contributed by atoms with Gasteiger partial charge >= 0.3 is 5.97 Å². The van der Waals surface area contributed by atoms with Gasteiger partial charge in [-0.15, -0.1) is 0 Å². The van der Waals surface area contributed by atoms with E-state index < -0.39 is 11.9 Å². The van der Waals surface area contributed by atoms with Crippen LogP contribution in [-0.2, 0) is 22.6 Å². The first-order chi connectivity index (χ1) is 9.63. The monoisotopic (exact) mass is 275 g/mol. The van der Waals surface area contributed by atoms with Crippen LogP contribution in [0.2, 0.25) is 0 Å². The number of hydrogen-bond acceptors (Lipinski definition) is 2. The Labute approximate surface area is 119 Å². The minimum absolute atomic E-state index is 0.124. The number of carbonyl (C=O) groups is 2. The number of hydrogen-bond donors (Lipinski definition) is 2. The average Bonchev–Trinajstić information content (AvgIpc) is 2.94. The van der Waals surface area contributed by atoms with Crippen molar-refractivity contribution in [1.29, 1.82) is 0 Å². The molecule has 4 heteroatoms. The number of amides is 1. The van der Waals surface area contributed by atoms with E-state index in [4.69, 9.17) is 5.11 Å². The molecule has 1 aromatic rings. The quantitative estimate of drug-likeness (QED) is 0.867. The molecular formula is C16H21NO3. The molecule has 0 bridgehead atoms. The Morgan fingerprint density at radius 3 is 2.50 bits per heavy atom. The summed E-state index contributed by atoms with van der Waals surface area (Å²) in [6.45, 7) is 2.56. The molecule has 0 radical (unpaired) electrons. The SMILES string of the molecule is CCc1ccccc1CNC(=O)[C@@H]1CCC[C@@H]1C(=O)O. The number of nitrogens with one attached hydrogen (secondary N) is 1. The maximum Gasteiger partial charge on any atom is 0.307 e. The van der Waals surface area contributed by atoms with Crippen LogP contribution in [0.15, 0.2) is 24.3 Å². The van der Waals surface area contributed by atoms with Gasteiger partial charge in [-0.2, -0.15) is 0 Å². The largest absolute Gasteiger partial charge is 0.481 e. The van der Waals surface area contributed by atoms with Gasteiger partial charge in [0.1, 0.15) is 0 Å². The van der Waals surface area contributed by atoms with Crippen LogP contribution in [0, 0.1) is 11.8 Å². The smallest absolute Gasteiger partial charge is 0.307 e. The van der Waals surface area contributed by atoms with Gasteiger partial charge in [-0.05, 0) is 30.4 Å². The molecule has 0 heterocycles. The third-order valence-corrected chi connectivity index (χ3v) is 4.12. The lowest BCUT2D eigenvalue weighted by molar-refractivity contribution is -0.146. The molecule has 20 heavy (non-hydrogen) atoms. The second-order valence-corrected chi connectivity index (χ2v) is 5.32. The lowest BCUT2D eigenvalue weighted by atomic mass is 9.95. The highest BCUT2D eigenvalue weighted by Crippen LogP contribution is 2.32. The number of rotatable bonds is 5. The third-order valence-electron chi connectivity index (χ3n) is 4.12. The van der Waals surface area contributed by atoms with Crippen LogP contribution < -0.4 is 5.32 Å². The zero-order valence-corrected chi connectivity index (χ0v) is 11.8. The summed E-state index contributed by atoms with van der Waals surface area (Å²) in [6, 6.07) is 8.00. The van der Waals surface area contributed by atoms with Crippen molar-refractivity contribution in [1.82, 2.24) is 5.32 Å². The highest BCUT2D eigenvalue weighted by Gasteiger charge is 2.37. The van der Waals surface area contributed by atoms with Gasteiger partial charge in [-0.25, -0.2) is 0 Å². The molecule has 1 aliphatic carbocycles. The van der Waals surface area contributed by atoms with Crippen molar-refractivity contribution < 1.29 is 14.7 Å². The molecule has 108 valence electrons. The molecule has 4 nitrogen and oxygen atoms in total. The zero-order chi connectivity index (χ0) is 14.5. The van der Waals surface area contributed by atoms with Crippen LogP contribution in [-0.4, -0.2) is 17.0 Å². The van der Waals surface area contributed by atoms with Gasteiger partial charge in [0.15, 0.2) is 0 Å². The topological polar surface area (TPSA) is 66.4 Å². The average molecular weight is 275 g/mol. The van der Waals surface area contributed by atoms with Crippen LogP contribution in [0.4, 0.5) is 0 Å². The minimum Gasteiger partial charge on any atom is -0.481 e. The lowest BCUT2D eigenvalue weighted by Gasteiger charge is -2.16. The van der Waals surface area contributed by atoms with Crippen LogP contribution in [0.1, 0.15) is 37.3 Å². The lowest BCUT2D eigenvalue weighted by Crippen LogP contribution is -2.35. The molecule has 1 fully saturated rings. The van der Waals surface area contributed by atoms with E-state index in [1.807, 2.05) is 18.2 Å². The fourth-order valence-corrected chi connectivity index (χ4v) is 2.96. The molecule has 0 unspecified atom stereocenters. The predicted octanol–water partition coefficient (Wildman–Crippen LogP) is 2.37. The van der Waals surface area contributed by atoms with Crippen molar-refractivity contribution in [3.63, 3.8) is 0 Å². The van der Waals surface area contributed by atoms with E-state index in [1.54, 1.807) is 0 Å². The van der Waals surface area contributed by atoms with Crippen molar-refractivity contribution >= 4 is 11.9 Å². The van der Waals surface area contributed by atoms with E-state index in [0.29, 0.717) is 19.4 Å². The number of carbonyl (C=O) groups excluding carboxylic acids is 1. The Morgan fingerprint density at radius 2 is 1.85 bits per heavy atom. The molecule has 1 aliphatic rings. The highest BCUT2D eigenvalue weighted by atomic mass is 16.4. The van der Waals surface area contributed by atoms with Gasteiger partial charge in [0.05, 0.1) is 11.8 Å². The molecule has 0 aliphatic heterocycles. The molecule has 2 atom stereocenters. The van der Waals surface area contributed by atoms with Gasteiger partial charge in [0.25, 0.3) is 0 Å². The Morgan fingerprint density at radius 1 is 1.20 bits per heavy atom. The number of carboxylic acid groups (broad SMARTS) is 1. The van der Waals surface area contributed by atoms with E-state index >= 15 is 0 Å². The second-order valence-electron chi connectivity index (χ2n) is 5.32. The van der Waals surface area contributed by atoms with Crippen molar-refractivity contribution in [2.45, 2.75) is 39.2 Å². The fourth-order valence-electron chi connectivity index (χ4n) is 2.96. The van der Waals surface area contributed by atoms with E-state index in [0.717, 1.165) is 18.4 Å². The Balaban J connectivity index is 1.97. The summed E-state index contributed by atoms with van der Waals surface area (Å²) in [4.78, 5) is 23.3. The Bertz CT molecular complexity index is 498. The first-order valence-corrected chi connectivity index (χ1v) is 7.20. The molecule has 1 amide bonds. The second kappa shape index (κ2) is 6.55. The molecule has 2 N–H and O–H groups in total. The van der Waals surface area contributed by atoms with Crippen LogP contribution in [0.5, 0.6) is 0 Å². The summed E-state index contributed by atoms with van der Waals surface area (Å²) in [7, 11) is 0. The van der Waals surface area contributed by atoms with Crippen molar-refractivity contribution in [3.05, 3.63) is 35.4 Å². The Kier molecular flexibility index (Phi) is 4.77. The van der Waals surface area contributed by atoms with Gasteiger partial charge in [0.2, 0.25) is 5.91 Å². The number of carboxylic acids is 1. The summed E-state index contributed by atoms with van der Waals surface area (Å²) in [5.41, 5.74) is 2.32. The first kappa shape index (κ1) is 14.6. The molecular weight excluding hydrogens is 254 g/mol. The van der Waals surface area contributed by atoms with E-state index in [-0.39, 0.29) is 11.8 Å². The van der Waals surface area contributed by atoms with Gasteiger partial charge < -0.3 is 10.4 Å². The van der Waals surface area contributed by atoms with Crippen molar-refractivity contribution in [3.8, 4) is 0 Å². The van der Waals surface area contributed by atoms with Gasteiger partial charge in [0, 0.05) is 6.54 Å². The molecule has 1 saturated carbocycles. The maximum atomic E-state index is 12.2. The summed E-state index contributed by atoms with van der Waals surface area (Å²) in [5, 5.41) is 12.0. The van der Waals surface area contributed by atoms with Gasteiger partial charge in [-0.1, -0.05) is 37.6 Å². The zero-order valence-electron chi connectivity index (χ0n) is 11.8. The standard InChI is InChI=1S/C16H21NO3/c1-2-11-6-3-4-7-12(11)10-17-15(18)13-8-5-9-14(13)16(19)20/h3-4,6-7,13-14H,2,5,8-10H2,1H3,(H,17,18)(H,19,20)/t13-,14+/m1/s1. The minimum atomic E-state index is -0.850. The molecule has 1 aromatic carbocycles. The molecule has 0 aromatic heterocycles. The maximum absolute atomic E-state index is 12.2. The summed E-state index contributed by atoms with van der Waals surface area (Å²) >= 11 is 0. The summed E-state index contributed by atoms with van der Waals surface area (Å²) < 4.78 is 0. The Hall–Kier alpha value is -1.84. The predicted molar refractivity (Wildman–Crippen MR) is 76.1 cm³/mol. The van der Waals surface area contributed by atoms with Gasteiger partial charge in [-0.3, -0.25) is 9.59 Å². The summed E-state index contributed by atoms with van der Waals surface area (Å²) in [5.74, 6) is -1.87. The van der Waals surface area contributed by atoms with Crippen LogP contribution in [0.3, 0.4) is 0 Å². The molecule has 0 spiro atoms. The van der Waals surface area contributed by atoms with Crippen LogP contribution in [0.25, 0.3) is 0 Å². The fraction of sp³-hybridized carbons (Fsp3) is 0.500. The number of benzene rings is 1. The number of aliphatic carboxylic acids is 1. The van der Waals surface area contributed by atoms with E-state index in [1.165, 1.54) is 5.56 Å². The first-order valence-electron chi connectivity index (χ1n) is 7.20. The number of aryl methyl sites for hydroxylation is 1. The van der Waals surface area contributed by atoms with E-state index in [9.17, 15) is 9.59 Å². The summed E-state index contributed by atoms with van der Waals surface area (Å²) in [6.07, 6.45) is 3.03. The highest BCUT2D eigenvalue weighted by molar-refractivity contribution is 5.85. The van der Waals surface area contributed by atoms with Crippen molar-refractivity contribution in [2.75, 3.05) is 0 Å². The van der Waals surface area contributed by atoms with E-state index in [2.05, 4.69) is 18.3 Å². The van der Waals surface area contributed by atoms with Crippen LogP contribution >= 0.6 is 0 Å².